The van der Waals surface area contributed by atoms with Crippen molar-refractivity contribution in [1.82, 2.24) is 5.32 Å². The molecule has 0 heterocycles. The normalized spacial score (nSPS) is 12.8. The number of hydrogen-bond acceptors (Lipinski definition) is 2. The fraction of sp³-hybridized carbons (Fsp3) is 0.455. The predicted molar refractivity (Wildman–Crippen MR) is 59.5 cm³/mol. The van der Waals surface area contributed by atoms with Crippen LogP contribution in [0.3, 0.4) is 0 Å². The lowest BCUT2D eigenvalue weighted by molar-refractivity contribution is 0.284. The van der Waals surface area contributed by atoms with E-state index in [4.69, 9.17) is 16.7 Å². The van der Waals surface area contributed by atoms with Crippen molar-refractivity contribution in [3.05, 3.63) is 34.6 Å². The van der Waals surface area contributed by atoms with E-state index < -0.39 is 0 Å². The SMILES string of the molecule is C[C@H](NCCCO)c1ccc(F)cc1Cl. The molecule has 1 atom stereocenters. The minimum absolute atomic E-state index is 0.0599. The molecular weight excluding hydrogens is 217 g/mol. The third-order valence-corrected chi connectivity index (χ3v) is 2.54. The second kappa shape index (κ2) is 6.05. The topological polar surface area (TPSA) is 32.3 Å². The molecule has 1 aromatic rings. The monoisotopic (exact) mass is 231 g/mol. The van der Waals surface area contributed by atoms with Gasteiger partial charge in [-0.2, -0.15) is 0 Å². The zero-order valence-electron chi connectivity index (χ0n) is 8.63. The standard InChI is InChI=1S/C11H15ClFNO/c1-8(14-5-2-6-15)10-4-3-9(13)7-11(10)12/h3-4,7-8,14-15H,2,5-6H2,1H3/t8-/m0/s1. The lowest BCUT2D eigenvalue weighted by atomic mass is 10.1. The molecule has 1 rings (SSSR count). The minimum atomic E-state index is -0.327. The minimum Gasteiger partial charge on any atom is -0.396 e. The maximum atomic E-state index is 12.8. The molecule has 0 spiro atoms. The zero-order chi connectivity index (χ0) is 11.3. The number of rotatable bonds is 5. The van der Waals surface area contributed by atoms with Crippen LogP contribution in [0.2, 0.25) is 5.02 Å². The van der Waals surface area contributed by atoms with Crippen LogP contribution in [0.4, 0.5) is 4.39 Å². The maximum absolute atomic E-state index is 12.8. The second-order valence-electron chi connectivity index (χ2n) is 3.42. The van der Waals surface area contributed by atoms with Crippen LogP contribution < -0.4 is 5.32 Å². The summed E-state index contributed by atoms with van der Waals surface area (Å²) in [5.74, 6) is -0.327. The third-order valence-electron chi connectivity index (χ3n) is 2.21. The lowest BCUT2D eigenvalue weighted by Crippen LogP contribution is -2.20. The molecule has 0 aromatic heterocycles. The molecule has 0 radical (unpaired) electrons. The highest BCUT2D eigenvalue weighted by molar-refractivity contribution is 6.31. The fourth-order valence-corrected chi connectivity index (χ4v) is 1.69. The van der Waals surface area contributed by atoms with E-state index in [1.807, 2.05) is 6.92 Å². The molecular formula is C11H15ClFNO. The Balaban J connectivity index is 2.61. The highest BCUT2D eigenvalue weighted by Gasteiger charge is 2.09. The van der Waals surface area contributed by atoms with Crippen molar-refractivity contribution in [2.24, 2.45) is 0 Å². The van der Waals surface area contributed by atoms with Crippen LogP contribution in [-0.2, 0) is 0 Å². The van der Waals surface area contributed by atoms with Crippen LogP contribution in [0.15, 0.2) is 18.2 Å². The number of aliphatic hydroxyl groups excluding tert-OH is 1. The van der Waals surface area contributed by atoms with Gasteiger partial charge in [-0.15, -0.1) is 0 Å². The summed E-state index contributed by atoms with van der Waals surface area (Å²) in [6.07, 6.45) is 0.698. The number of benzene rings is 1. The van der Waals surface area contributed by atoms with E-state index in [0.717, 1.165) is 5.56 Å². The van der Waals surface area contributed by atoms with Gasteiger partial charge < -0.3 is 10.4 Å². The summed E-state index contributed by atoms with van der Waals surface area (Å²) in [5, 5.41) is 12.2. The van der Waals surface area contributed by atoms with Crippen LogP contribution in [-0.4, -0.2) is 18.3 Å². The predicted octanol–water partition coefficient (Wildman–Crippen LogP) is 2.51. The highest BCUT2D eigenvalue weighted by Crippen LogP contribution is 2.23. The van der Waals surface area contributed by atoms with E-state index in [1.165, 1.54) is 12.1 Å². The van der Waals surface area contributed by atoms with Gasteiger partial charge in [0.05, 0.1) is 0 Å². The van der Waals surface area contributed by atoms with Crippen LogP contribution in [0.1, 0.15) is 24.9 Å². The summed E-state index contributed by atoms with van der Waals surface area (Å²) in [6.45, 7) is 2.83. The van der Waals surface area contributed by atoms with Gasteiger partial charge in [-0.05, 0) is 37.6 Å². The van der Waals surface area contributed by atoms with Crippen molar-refractivity contribution in [2.45, 2.75) is 19.4 Å². The van der Waals surface area contributed by atoms with Crippen molar-refractivity contribution in [3.8, 4) is 0 Å². The molecule has 0 aliphatic carbocycles. The van der Waals surface area contributed by atoms with Crippen LogP contribution in [0.25, 0.3) is 0 Å². The van der Waals surface area contributed by atoms with Gasteiger partial charge >= 0.3 is 0 Å². The first-order valence-corrected chi connectivity index (χ1v) is 5.32. The smallest absolute Gasteiger partial charge is 0.124 e. The van der Waals surface area contributed by atoms with Gasteiger partial charge in [0.15, 0.2) is 0 Å². The number of aliphatic hydroxyl groups is 1. The number of halogens is 2. The van der Waals surface area contributed by atoms with Crippen LogP contribution in [0.5, 0.6) is 0 Å². The molecule has 15 heavy (non-hydrogen) atoms. The molecule has 0 saturated carbocycles. The molecule has 0 unspecified atom stereocenters. The van der Waals surface area contributed by atoms with Crippen molar-refractivity contribution in [3.63, 3.8) is 0 Å². The maximum Gasteiger partial charge on any atom is 0.124 e. The summed E-state index contributed by atoms with van der Waals surface area (Å²) >= 11 is 5.91. The molecule has 0 saturated heterocycles. The molecule has 2 nitrogen and oxygen atoms in total. The third kappa shape index (κ3) is 3.78. The largest absolute Gasteiger partial charge is 0.396 e. The summed E-state index contributed by atoms with van der Waals surface area (Å²) in [7, 11) is 0. The molecule has 0 aliphatic rings. The molecule has 0 aliphatic heterocycles. The van der Waals surface area contributed by atoms with Crippen molar-refractivity contribution in [1.29, 1.82) is 0 Å². The quantitative estimate of drug-likeness (QED) is 0.764. The average Bonchev–Trinajstić information content (AvgIpc) is 2.17. The van der Waals surface area contributed by atoms with E-state index in [0.29, 0.717) is 18.0 Å². The molecule has 0 amide bonds. The second-order valence-corrected chi connectivity index (χ2v) is 3.83. The molecule has 84 valence electrons. The first-order chi connectivity index (χ1) is 7.15. The molecule has 0 fully saturated rings. The van der Waals surface area contributed by atoms with Crippen LogP contribution >= 0.6 is 11.6 Å². The molecule has 2 N–H and O–H groups in total. The van der Waals surface area contributed by atoms with Gasteiger partial charge in [-0.25, -0.2) is 4.39 Å². The van der Waals surface area contributed by atoms with E-state index in [9.17, 15) is 4.39 Å². The Morgan fingerprint density at radius 2 is 2.27 bits per heavy atom. The summed E-state index contributed by atoms with van der Waals surface area (Å²) in [4.78, 5) is 0. The first kappa shape index (κ1) is 12.4. The van der Waals surface area contributed by atoms with Gasteiger partial charge in [-0.3, -0.25) is 0 Å². The number of nitrogens with one attached hydrogen (secondary N) is 1. The molecule has 4 heteroatoms. The zero-order valence-corrected chi connectivity index (χ0v) is 9.39. The van der Waals surface area contributed by atoms with Crippen molar-refractivity contribution < 1.29 is 9.50 Å². The Morgan fingerprint density at radius 3 is 2.87 bits per heavy atom. The number of hydrogen-bond donors (Lipinski definition) is 2. The first-order valence-electron chi connectivity index (χ1n) is 4.94. The molecule has 1 aromatic carbocycles. The Labute approximate surface area is 94.1 Å². The van der Waals surface area contributed by atoms with Gasteiger partial charge in [0.2, 0.25) is 0 Å². The Bertz CT molecular complexity index is 319. The van der Waals surface area contributed by atoms with Gasteiger partial charge in [-0.1, -0.05) is 17.7 Å². The van der Waals surface area contributed by atoms with Crippen LogP contribution in [0, 0.1) is 5.82 Å². The van der Waals surface area contributed by atoms with Crippen molar-refractivity contribution in [2.75, 3.05) is 13.2 Å². The Kier molecular flexibility index (Phi) is 5.02. The fourth-order valence-electron chi connectivity index (χ4n) is 1.36. The Morgan fingerprint density at radius 1 is 1.53 bits per heavy atom. The van der Waals surface area contributed by atoms with Crippen molar-refractivity contribution >= 4 is 11.6 Å². The molecule has 0 bridgehead atoms. The highest BCUT2D eigenvalue weighted by atomic mass is 35.5. The summed E-state index contributed by atoms with van der Waals surface area (Å²) in [6, 6.07) is 4.44. The summed E-state index contributed by atoms with van der Waals surface area (Å²) in [5.41, 5.74) is 0.871. The van der Waals surface area contributed by atoms with Gasteiger partial charge in [0.25, 0.3) is 0 Å². The van der Waals surface area contributed by atoms with E-state index >= 15 is 0 Å². The van der Waals surface area contributed by atoms with E-state index in [1.54, 1.807) is 6.07 Å². The lowest BCUT2D eigenvalue weighted by Gasteiger charge is -2.15. The average molecular weight is 232 g/mol. The van der Waals surface area contributed by atoms with Gasteiger partial charge in [0.1, 0.15) is 5.82 Å². The van der Waals surface area contributed by atoms with Gasteiger partial charge in [0, 0.05) is 17.7 Å². The van der Waals surface area contributed by atoms with E-state index in [-0.39, 0.29) is 18.5 Å². The summed E-state index contributed by atoms with van der Waals surface area (Å²) < 4.78 is 12.8. The Hall–Kier alpha value is -0.640. The van der Waals surface area contributed by atoms with E-state index in [2.05, 4.69) is 5.32 Å².